The highest BCUT2D eigenvalue weighted by Crippen LogP contribution is 2.32. The number of carbonyl (C=O) groups is 1. The molecule has 1 N–H and O–H groups in total. The van der Waals surface area contributed by atoms with Crippen molar-refractivity contribution in [1.29, 1.82) is 0 Å². The fourth-order valence-corrected chi connectivity index (χ4v) is 2.78. The highest BCUT2D eigenvalue weighted by molar-refractivity contribution is 7.99. The van der Waals surface area contributed by atoms with Crippen molar-refractivity contribution in [3.8, 4) is 0 Å². The lowest BCUT2D eigenvalue weighted by Gasteiger charge is -2.12. The number of thioether (sulfide) groups is 1. The molecule has 2 rings (SSSR count). The maximum atomic E-state index is 10.5. The molecule has 1 aliphatic heterocycles. The first-order valence-electron chi connectivity index (χ1n) is 5.99. The molecule has 2 heterocycles. The summed E-state index contributed by atoms with van der Waals surface area (Å²) < 4.78 is 7.27. The van der Waals surface area contributed by atoms with Crippen molar-refractivity contribution in [1.82, 2.24) is 14.8 Å². The molecular formula is C11H17N3O3S. The van der Waals surface area contributed by atoms with Crippen molar-refractivity contribution in [3.05, 3.63) is 5.82 Å². The van der Waals surface area contributed by atoms with Gasteiger partial charge in [0.2, 0.25) is 0 Å². The van der Waals surface area contributed by atoms with Gasteiger partial charge < -0.3 is 9.84 Å². The molecule has 1 aliphatic rings. The average molecular weight is 271 g/mol. The molecule has 2 unspecified atom stereocenters. The molecule has 6 nitrogen and oxygen atoms in total. The van der Waals surface area contributed by atoms with E-state index in [0.717, 1.165) is 25.3 Å². The van der Waals surface area contributed by atoms with Crippen LogP contribution in [0.25, 0.3) is 0 Å². The van der Waals surface area contributed by atoms with Crippen molar-refractivity contribution < 1.29 is 14.6 Å². The van der Waals surface area contributed by atoms with Crippen LogP contribution < -0.4 is 0 Å². The Balaban J connectivity index is 2.10. The predicted molar refractivity (Wildman–Crippen MR) is 66.8 cm³/mol. The summed E-state index contributed by atoms with van der Waals surface area (Å²) in [5, 5.41) is 13.7. The summed E-state index contributed by atoms with van der Waals surface area (Å²) in [6, 6.07) is 0. The van der Waals surface area contributed by atoms with Gasteiger partial charge >= 0.3 is 5.97 Å². The first-order chi connectivity index (χ1) is 8.61. The van der Waals surface area contributed by atoms with E-state index < -0.39 is 5.97 Å². The SMILES string of the molecule is CCC1OCCC1c1nc(SCC(=O)O)n(C)n1. The average Bonchev–Trinajstić information content (AvgIpc) is 2.92. The highest BCUT2D eigenvalue weighted by atomic mass is 32.2. The molecule has 0 saturated carbocycles. The van der Waals surface area contributed by atoms with Gasteiger partial charge in [-0.1, -0.05) is 18.7 Å². The van der Waals surface area contributed by atoms with Gasteiger partial charge in [0.25, 0.3) is 0 Å². The summed E-state index contributed by atoms with van der Waals surface area (Å²) in [6.45, 7) is 2.84. The third kappa shape index (κ3) is 2.84. The molecule has 1 saturated heterocycles. The second kappa shape index (κ2) is 5.71. The second-order valence-electron chi connectivity index (χ2n) is 4.27. The van der Waals surface area contributed by atoms with Gasteiger partial charge in [-0.15, -0.1) is 0 Å². The molecule has 100 valence electrons. The third-order valence-electron chi connectivity index (χ3n) is 3.01. The number of aromatic nitrogens is 3. The Bertz CT molecular complexity index is 435. The molecule has 2 atom stereocenters. The number of rotatable bonds is 5. The van der Waals surface area contributed by atoms with Crippen LogP contribution in [0.5, 0.6) is 0 Å². The van der Waals surface area contributed by atoms with E-state index in [4.69, 9.17) is 9.84 Å². The quantitative estimate of drug-likeness (QED) is 0.813. The number of aliphatic carboxylic acids is 1. The number of carboxylic acid groups (broad SMARTS) is 1. The molecule has 0 radical (unpaired) electrons. The fourth-order valence-electron chi connectivity index (χ4n) is 2.14. The zero-order valence-corrected chi connectivity index (χ0v) is 11.3. The Morgan fingerprint density at radius 3 is 3.11 bits per heavy atom. The van der Waals surface area contributed by atoms with E-state index in [1.807, 2.05) is 0 Å². The summed E-state index contributed by atoms with van der Waals surface area (Å²) >= 11 is 1.19. The molecule has 0 amide bonds. The van der Waals surface area contributed by atoms with Gasteiger partial charge in [-0.2, -0.15) is 5.10 Å². The standard InChI is InChI=1S/C11H17N3O3S/c1-3-8-7(4-5-17-8)10-12-11(14(2)13-10)18-6-9(15)16/h7-8H,3-6H2,1-2H3,(H,15,16). The Labute approximate surface area is 110 Å². The molecule has 0 aromatic carbocycles. The van der Waals surface area contributed by atoms with Crippen LogP contribution in [0.15, 0.2) is 5.16 Å². The molecule has 0 aliphatic carbocycles. The minimum absolute atomic E-state index is 0.00431. The summed E-state index contributed by atoms with van der Waals surface area (Å²) in [6.07, 6.45) is 2.07. The molecule has 1 fully saturated rings. The van der Waals surface area contributed by atoms with Crippen molar-refractivity contribution in [2.45, 2.75) is 36.9 Å². The summed E-state index contributed by atoms with van der Waals surface area (Å²) in [7, 11) is 1.79. The van der Waals surface area contributed by atoms with Gasteiger partial charge in [0.1, 0.15) is 0 Å². The molecule has 7 heteroatoms. The van der Waals surface area contributed by atoms with Gasteiger partial charge in [0, 0.05) is 19.6 Å². The van der Waals surface area contributed by atoms with E-state index in [-0.39, 0.29) is 17.8 Å². The monoisotopic (exact) mass is 271 g/mol. The van der Waals surface area contributed by atoms with Gasteiger partial charge in [-0.3, -0.25) is 4.79 Å². The first kappa shape index (κ1) is 13.4. The third-order valence-corrected chi connectivity index (χ3v) is 4.01. The van der Waals surface area contributed by atoms with Crippen LogP contribution in [-0.4, -0.2) is 44.3 Å². The van der Waals surface area contributed by atoms with Crippen molar-refractivity contribution in [2.24, 2.45) is 7.05 Å². The molecule has 1 aromatic heterocycles. The molecule has 18 heavy (non-hydrogen) atoms. The lowest BCUT2D eigenvalue weighted by atomic mass is 9.99. The van der Waals surface area contributed by atoms with Gasteiger partial charge in [0.15, 0.2) is 11.0 Å². The maximum absolute atomic E-state index is 10.5. The number of carboxylic acids is 1. The van der Waals surface area contributed by atoms with Crippen LogP contribution in [0.4, 0.5) is 0 Å². The highest BCUT2D eigenvalue weighted by Gasteiger charge is 2.31. The lowest BCUT2D eigenvalue weighted by Crippen LogP contribution is -2.14. The normalized spacial score (nSPS) is 23.4. The number of ether oxygens (including phenoxy) is 1. The lowest BCUT2D eigenvalue weighted by molar-refractivity contribution is -0.133. The molecular weight excluding hydrogens is 254 g/mol. The summed E-state index contributed by atoms with van der Waals surface area (Å²) in [4.78, 5) is 15.0. The minimum Gasteiger partial charge on any atom is -0.481 e. The van der Waals surface area contributed by atoms with Crippen LogP contribution in [0.3, 0.4) is 0 Å². The zero-order valence-electron chi connectivity index (χ0n) is 10.5. The molecule has 0 bridgehead atoms. The Morgan fingerprint density at radius 2 is 2.44 bits per heavy atom. The van der Waals surface area contributed by atoms with Crippen LogP contribution in [0.2, 0.25) is 0 Å². The number of aryl methyl sites for hydroxylation is 1. The predicted octanol–water partition coefficient (Wildman–Crippen LogP) is 1.27. The Kier molecular flexibility index (Phi) is 4.23. The van der Waals surface area contributed by atoms with Gasteiger partial charge in [-0.05, 0) is 12.8 Å². The van der Waals surface area contributed by atoms with Gasteiger partial charge in [-0.25, -0.2) is 9.67 Å². The largest absolute Gasteiger partial charge is 0.481 e. The molecule has 1 aromatic rings. The zero-order chi connectivity index (χ0) is 13.1. The van der Waals surface area contributed by atoms with Crippen LogP contribution in [0.1, 0.15) is 31.5 Å². The Morgan fingerprint density at radius 1 is 1.67 bits per heavy atom. The smallest absolute Gasteiger partial charge is 0.313 e. The van der Waals surface area contributed by atoms with Crippen LogP contribution >= 0.6 is 11.8 Å². The summed E-state index contributed by atoms with van der Waals surface area (Å²) in [5.41, 5.74) is 0. The van der Waals surface area contributed by atoms with Gasteiger partial charge in [0.05, 0.1) is 11.9 Å². The van der Waals surface area contributed by atoms with Crippen molar-refractivity contribution >= 4 is 17.7 Å². The van der Waals surface area contributed by atoms with Crippen molar-refractivity contribution in [3.63, 3.8) is 0 Å². The van der Waals surface area contributed by atoms with Crippen LogP contribution in [0, 0.1) is 0 Å². The van der Waals surface area contributed by atoms with E-state index >= 15 is 0 Å². The van der Waals surface area contributed by atoms with E-state index in [0.29, 0.717) is 5.16 Å². The number of hydrogen-bond acceptors (Lipinski definition) is 5. The number of hydrogen-bond donors (Lipinski definition) is 1. The van der Waals surface area contributed by atoms with E-state index in [2.05, 4.69) is 17.0 Å². The second-order valence-corrected chi connectivity index (χ2v) is 5.21. The Hall–Kier alpha value is -1.08. The fraction of sp³-hybridized carbons (Fsp3) is 0.727. The van der Waals surface area contributed by atoms with E-state index in [1.165, 1.54) is 11.8 Å². The van der Waals surface area contributed by atoms with E-state index in [9.17, 15) is 4.79 Å². The first-order valence-corrected chi connectivity index (χ1v) is 6.97. The molecule has 0 spiro atoms. The number of nitrogens with zero attached hydrogens (tertiary/aromatic N) is 3. The van der Waals surface area contributed by atoms with Crippen molar-refractivity contribution in [2.75, 3.05) is 12.4 Å². The van der Waals surface area contributed by atoms with Crippen LogP contribution in [-0.2, 0) is 16.6 Å². The maximum Gasteiger partial charge on any atom is 0.313 e. The minimum atomic E-state index is -0.847. The summed E-state index contributed by atoms with van der Waals surface area (Å²) in [5.74, 6) is 0.167. The van der Waals surface area contributed by atoms with E-state index in [1.54, 1.807) is 11.7 Å². The topological polar surface area (TPSA) is 77.2 Å².